The van der Waals surface area contributed by atoms with Crippen LogP contribution in [0.5, 0.6) is 0 Å². The number of hydrogen-bond donors (Lipinski definition) is 4. The van der Waals surface area contributed by atoms with Crippen molar-refractivity contribution in [3.63, 3.8) is 0 Å². The summed E-state index contributed by atoms with van der Waals surface area (Å²) in [6, 6.07) is 5.95. The Balaban J connectivity index is 2.94. The zero-order valence-corrected chi connectivity index (χ0v) is 12.8. The molecule has 114 valence electrons. The molecule has 0 aliphatic heterocycles. The molecule has 20 heavy (non-hydrogen) atoms. The van der Waals surface area contributed by atoms with E-state index in [1.165, 1.54) is 6.07 Å². The van der Waals surface area contributed by atoms with Crippen molar-refractivity contribution in [1.82, 2.24) is 4.72 Å². The summed E-state index contributed by atoms with van der Waals surface area (Å²) >= 11 is 0. The molecular weight excluding hydrogens is 278 g/mol. The summed E-state index contributed by atoms with van der Waals surface area (Å²) < 4.78 is 27.0. The number of rotatable bonds is 7. The minimum absolute atomic E-state index is 0.173. The minimum Gasteiger partial charge on any atom is -0.392 e. The van der Waals surface area contributed by atoms with E-state index in [1.54, 1.807) is 39.0 Å². The van der Waals surface area contributed by atoms with Gasteiger partial charge in [-0.15, -0.1) is 0 Å². The molecule has 6 nitrogen and oxygen atoms in total. The Morgan fingerprint density at radius 3 is 2.40 bits per heavy atom. The molecule has 1 rings (SSSR count). The van der Waals surface area contributed by atoms with Crippen LogP contribution in [0, 0.1) is 0 Å². The van der Waals surface area contributed by atoms with Crippen molar-refractivity contribution < 1.29 is 13.5 Å². The van der Waals surface area contributed by atoms with Gasteiger partial charge in [0, 0.05) is 18.6 Å². The van der Waals surface area contributed by atoms with Crippen LogP contribution >= 0.6 is 0 Å². The SMILES string of the molecule is CC(C)NS(=O)(=O)c1ccccc1NCC(N)C(C)O. The fraction of sp³-hybridized carbons (Fsp3) is 0.538. The molecule has 0 amide bonds. The second-order valence-corrected chi connectivity index (χ2v) is 6.74. The lowest BCUT2D eigenvalue weighted by atomic mass is 10.2. The Kier molecular flexibility index (Phi) is 5.94. The zero-order valence-electron chi connectivity index (χ0n) is 12.0. The average Bonchev–Trinajstić information content (AvgIpc) is 2.34. The Hall–Kier alpha value is -1.15. The van der Waals surface area contributed by atoms with Gasteiger partial charge in [-0.25, -0.2) is 13.1 Å². The van der Waals surface area contributed by atoms with Crippen LogP contribution in [0.25, 0.3) is 0 Å². The quantitative estimate of drug-likeness (QED) is 0.587. The summed E-state index contributed by atoms with van der Waals surface area (Å²) in [5.74, 6) is 0. The van der Waals surface area contributed by atoms with E-state index in [4.69, 9.17) is 5.73 Å². The van der Waals surface area contributed by atoms with Crippen LogP contribution in [0.3, 0.4) is 0 Å². The number of aliphatic hydroxyl groups excluding tert-OH is 1. The van der Waals surface area contributed by atoms with Crippen molar-refractivity contribution in [1.29, 1.82) is 0 Å². The fourth-order valence-corrected chi connectivity index (χ4v) is 3.05. The van der Waals surface area contributed by atoms with Crippen LogP contribution < -0.4 is 15.8 Å². The summed E-state index contributed by atoms with van der Waals surface area (Å²) in [6.07, 6.45) is -0.667. The Morgan fingerprint density at radius 1 is 1.25 bits per heavy atom. The molecule has 0 aliphatic rings. The number of hydrogen-bond acceptors (Lipinski definition) is 5. The molecule has 2 atom stereocenters. The molecule has 1 aromatic rings. The molecule has 5 N–H and O–H groups in total. The van der Waals surface area contributed by atoms with Crippen molar-refractivity contribution in [3.05, 3.63) is 24.3 Å². The molecule has 2 unspecified atom stereocenters. The molecule has 0 aromatic heterocycles. The van der Waals surface area contributed by atoms with Gasteiger partial charge >= 0.3 is 0 Å². The average molecular weight is 301 g/mol. The van der Waals surface area contributed by atoms with Gasteiger partial charge in [-0.05, 0) is 32.9 Å². The number of nitrogens with two attached hydrogens (primary N) is 1. The van der Waals surface area contributed by atoms with E-state index in [0.29, 0.717) is 5.69 Å². The molecule has 0 bridgehead atoms. The number of para-hydroxylation sites is 1. The first-order chi connectivity index (χ1) is 9.24. The summed E-state index contributed by atoms with van der Waals surface area (Å²) in [5.41, 5.74) is 6.20. The standard InChI is InChI=1S/C13H23N3O3S/c1-9(2)16-20(18,19)13-7-5-4-6-12(13)15-8-11(14)10(3)17/h4-7,9-11,15-17H,8,14H2,1-3H3. The third kappa shape index (κ3) is 4.75. The van der Waals surface area contributed by atoms with Crippen LogP contribution in [-0.2, 0) is 10.0 Å². The zero-order chi connectivity index (χ0) is 15.3. The molecule has 0 aliphatic carbocycles. The van der Waals surface area contributed by atoms with Crippen molar-refractivity contribution in [3.8, 4) is 0 Å². The third-order valence-corrected chi connectivity index (χ3v) is 4.43. The molecule has 0 saturated carbocycles. The number of nitrogens with one attached hydrogen (secondary N) is 2. The minimum atomic E-state index is -3.57. The lowest BCUT2D eigenvalue weighted by Crippen LogP contribution is -2.39. The summed E-state index contributed by atoms with van der Waals surface area (Å²) in [5, 5.41) is 12.3. The molecule has 0 saturated heterocycles. The van der Waals surface area contributed by atoms with Crippen LogP contribution in [-0.4, -0.2) is 38.3 Å². The molecular formula is C13H23N3O3S. The highest BCUT2D eigenvalue weighted by atomic mass is 32.2. The monoisotopic (exact) mass is 301 g/mol. The second-order valence-electron chi connectivity index (χ2n) is 5.06. The van der Waals surface area contributed by atoms with E-state index in [0.717, 1.165) is 0 Å². The van der Waals surface area contributed by atoms with Gasteiger partial charge in [-0.2, -0.15) is 0 Å². The third-order valence-electron chi connectivity index (χ3n) is 2.72. The highest BCUT2D eigenvalue weighted by Crippen LogP contribution is 2.20. The summed E-state index contributed by atoms with van der Waals surface area (Å²) in [4.78, 5) is 0.173. The Labute approximate surface area is 120 Å². The van der Waals surface area contributed by atoms with Gasteiger partial charge in [0.25, 0.3) is 0 Å². The van der Waals surface area contributed by atoms with E-state index in [2.05, 4.69) is 10.0 Å². The van der Waals surface area contributed by atoms with Crippen LogP contribution in [0.2, 0.25) is 0 Å². The van der Waals surface area contributed by atoms with Gasteiger partial charge in [0.15, 0.2) is 0 Å². The molecule has 1 aromatic carbocycles. The lowest BCUT2D eigenvalue weighted by molar-refractivity contribution is 0.168. The number of sulfonamides is 1. The molecule has 7 heteroatoms. The van der Waals surface area contributed by atoms with Gasteiger partial charge in [0.1, 0.15) is 4.90 Å². The van der Waals surface area contributed by atoms with Crippen molar-refractivity contribution >= 4 is 15.7 Å². The maximum Gasteiger partial charge on any atom is 0.242 e. The number of anilines is 1. The van der Waals surface area contributed by atoms with Gasteiger partial charge in [0.2, 0.25) is 10.0 Å². The Bertz CT molecular complexity index is 529. The predicted octanol–water partition coefficient (Wildman–Crippen LogP) is 0.493. The summed E-state index contributed by atoms with van der Waals surface area (Å²) in [7, 11) is -3.57. The molecule has 0 radical (unpaired) electrons. The normalized spacial score (nSPS) is 15.1. The van der Waals surface area contributed by atoms with E-state index >= 15 is 0 Å². The summed E-state index contributed by atoms with van der Waals surface area (Å²) in [6.45, 7) is 5.40. The largest absolute Gasteiger partial charge is 0.392 e. The molecule has 0 spiro atoms. The fourth-order valence-electron chi connectivity index (χ4n) is 1.62. The van der Waals surface area contributed by atoms with Crippen LogP contribution in [0.4, 0.5) is 5.69 Å². The van der Waals surface area contributed by atoms with Crippen molar-refractivity contribution in [2.75, 3.05) is 11.9 Å². The van der Waals surface area contributed by atoms with E-state index < -0.39 is 22.2 Å². The van der Waals surface area contributed by atoms with Gasteiger partial charge in [-0.1, -0.05) is 12.1 Å². The molecule has 0 heterocycles. The predicted molar refractivity (Wildman–Crippen MR) is 80.0 cm³/mol. The highest BCUT2D eigenvalue weighted by Gasteiger charge is 2.19. The maximum absolute atomic E-state index is 12.2. The van der Waals surface area contributed by atoms with Crippen molar-refractivity contribution in [2.45, 2.75) is 43.9 Å². The smallest absolute Gasteiger partial charge is 0.242 e. The van der Waals surface area contributed by atoms with Crippen molar-refractivity contribution in [2.24, 2.45) is 5.73 Å². The van der Waals surface area contributed by atoms with E-state index in [1.807, 2.05) is 0 Å². The topological polar surface area (TPSA) is 104 Å². The van der Waals surface area contributed by atoms with Gasteiger partial charge in [0.05, 0.1) is 11.8 Å². The van der Waals surface area contributed by atoms with Gasteiger partial charge < -0.3 is 16.2 Å². The van der Waals surface area contributed by atoms with Gasteiger partial charge in [-0.3, -0.25) is 0 Å². The number of aliphatic hydroxyl groups is 1. The maximum atomic E-state index is 12.2. The lowest BCUT2D eigenvalue weighted by Gasteiger charge is -2.18. The highest BCUT2D eigenvalue weighted by molar-refractivity contribution is 7.89. The van der Waals surface area contributed by atoms with Crippen LogP contribution in [0.15, 0.2) is 29.2 Å². The second kappa shape index (κ2) is 7.03. The van der Waals surface area contributed by atoms with E-state index in [-0.39, 0.29) is 17.5 Å². The molecule has 0 fully saturated rings. The van der Waals surface area contributed by atoms with Crippen LogP contribution in [0.1, 0.15) is 20.8 Å². The first kappa shape index (κ1) is 16.9. The van der Waals surface area contributed by atoms with E-state index in [9.17, 15) is 13.5 Å². The first-order valence-electron chi connectivity index (χ1n) is 6.53. The number of benzene rings is 1. The Morgan fingerprint density at radius 2 is 1.85 bits per heavy atom. The first-order valence-corrected chi connectivity index (χ1v) is 8.01.